The molecule has 2 aliphatic rings. The van der Waals surface area contributed by atoms with Gasteiger partial charge in [-0.3, -0.25) is 23.7 Å². The normalized spacial score (nSPS) is 20.1. The van der Waals surface area contributed by atoms with Crippen LogP contribution in [0.4, 0.5) is 20.2 Å². The van der Waals surface area contributed by atoms with Crippen molar-refractivity contribution in [3.8, 4) is 0 Å². The first kappa shape index (κ1) is 25.2. The molecule has 0 unspecified atom stereocenters. The van der Waals surface area contributed by atoms with E-state index in [-0.39, 0.29) is 12.2 Å². The minimum Gasteiger partial charge on any atom is -0.325 e. The number of carbonyl (C=O) groups excluding carboxylic acids is 3. The summed E-state index contributed by atoms with van der Waals surface area (Å²) in [4.78, 5) is 54.6. The number of nitrogens with one attached hydrogen (secondary N) is 1. The van der Waals surface area contributed by atoms with Crippen LogP contribution in [0, 0.1) is 17.6 Å². The average Bonchev–Trinajstić information content (AvgIpc) is 3.37. The van der Waals surface area contributed by atoms with Crippen molar-refractivity contribution < 1.29 is 23.2 Å². The molecule has 3 atom stereocenters. The molecule has 0 radical (unpaired) electrons. The Morgan fingerprint density at radius 1 is 0.846 bits per heavy atom. The van der Waals surface area contributed by atoms with Crippen molar-refractivity contribution in [3.05, 3.63) is 111 Å². The van der Waals surface area contributed by atoms with Gasteiger partial charge in [0.2, 0.25) is 17.7 Å². The Labute approximate surface area is 229 Å². The minimum atomic E-state index is -0.847. The lowest BCUT2D eigenvalue weighted by Gasteiger charge is -2.30. The van der Waals surface area contributed by atoms with Crippen LogP contribution < -0.4 is 15.1 Å². The Balaban J connectivity index is 1.39. The minimum absolute atomic E-state index is 0.271. The van der Waals surface area contributed by atoms with Crippen molar-refractivity contribution in [2.75, 3.05) is 10.2 Å². The molecule has 7 nitrogen and oxygen atoms in total. The third-order valence-electron chi connectivity index (χ3n) is 6.72. The fourth-order valence-corrected chi connectivity index (χ4v) is 7.77. The number of nitrogens with zero attached hydrogens (tertiary/aromatic N) is 2. The number of hydrogen-bond acceptors (Lipinski definition) is 6. The van der Waals surface area contributed by atoms with Crippen LogP contribution in [0.2, 0.25) is 0 Å². The highest BCUT2D eigenvalue weighted by atomic mass is 32.2. The van der Waals surface area contributed by atoms with Gasteiger partial charge in [-0.2, -0.15) is 0 Å². The monoisotopic (exact) mass is 563 g/mol. The molecule has 196 valence electrons. The molecule has 0 bridgehead atoms. The van der Waals surface area contributed by atoms with Gasteiger partial charge in [0.25, 0.3) is 0 Å². The van der Waals surface area contributed by atoms with Gasteiger partial charge < -0.3 is 5.32 Å². The Kier molecular flexibility index (Phi) is 6.40. The van der Waals surface area contributed by atoms with Crippen molar-refractivity contribution >= 4 is 52.2 Å². The number of thioether (sulfide) groups is 1. The van der Waals surface area contributed by atoms with E-state index in [0.717, 1.165) is 33.6 Å². The Hall–Kier alpha value is -4.09. The van der Waals surface area contributed by atoms with E-state index in [1.165, 1.54) is 53.1 Å². The number of fused-ring (bicyclic) bond motifs is 2. The number of carbonyl (C=O) groups is 3. The predicted octanol–water partition coefficient (Wildman–Crippen LogP) is 4.62. The van der Waals surface area contributed by atoms with Gasteiger partial charge in [-0.05, 0) is 54.1 Å². The smallest absolute Gasteiger partial charge is 0.308 e. The molecule has 1 saturated heterocycles. The molecule has 0 aliphatic carbocycles. The van der Waals surface area contributed by atoms with Gasteiger partial charge in [0.05, 0.1) is 16.6 Å². The number of hydrogen-bond donors (Lipinski definition) is 1. The summed E-state index contributed by atoms with van der Waals surface area (Å²) in [5, 5.41) is 2.26. The van der Waals surface area contributed by atoms with Crippen LogP contribution in [0.25, 0.3) is 0 Å². The molecule has 3 heterocycles. The standard InChI is InChI=1S/C28H19F2N3O4S2/c29-16-6-10-18(11-7-16)31-20(34)14-32-27-24(39-28(32)37)21(15-4-2-1-3-5-15)22-23(38-27)26(36)33(25(22)35)19-12-8-17(30)9-13-19/h1-13,21-23H,14H2,(H,31,34)/t21-,22-,23+/m0/s1. The summed E-state index contributed by atoms with van der Waals surface area (Å²) >= 11 is 2.04. The number of anilines is 2. The predicted molar refractivity (Wildman–Crippen MR) is 144 cm³/mol. The van der Waals surface area contributed by atoms with E-state index in [9.17, 15) is 28.0 Å². The summed E-state index contributed by atoms with van der Waals surface area (Å²) in [6.45, 7) is -0.322. The van der Waals surface area contributed by atoms with Gasteiger partial charge in [-0.15, -0.1) is 0 Å². The highest BCUT2D eigenvalue weighted by Gasteiger charge is 2.56. The summed E-state index contributed by atoms with van der Waals surface area (Å²) in [7, 11) is 0. The Morgan fingerprint density at radius 2 is 1.49 bits per heavy atom. The number of halogens is 2. The van der Waals surface area contributed by atoms with E-state index in [1.807, 2.05) is 30.3 Å². The summed E-state index contributed by atoms with van der Waals surface area (Å²) in [5.74, 6) is -3.70. The molecular formula is C28H19F2N3O4S2. The zero-order valence-electron chi connectivity index (χ0n) is 20.0. The Morgan fingerprint density at radius 3 is 2.15 bits per heavy atom. The highest BCUT2D eigenvalue weighted by Crippen LogP contribution is 2.53. The number of benzene rings is 3. The molecule has 0 spiro atoms. The van der Waals surface area contributed by atoms with Gasteiger partial charge >= 0.3 is 4.87 Å². The van der Waals surface area contributed by atoms with Gasteiger partial charge in [-0.25, -0.2) is 13.7 Å². The van der Waals surface area contributed by atoms with E-state index in [0.29, 0.717) is 15.6 Å². The molecule has 1 fully saturated rings. The van der Waals surface area contributed by atoms with Crippen molar-refractivity contribution in [1.29, 1.82) is 0 Å². The van der Waals surface area contributed by atoms with Gasteiger partial charge in [0.1, 0.15) is 23.4 Å². The molecule has 1 aromatic heterocycles. The number of imide groups is 1. The average molecular weight is 564 g/mol. The molecule has 2 aliphatic heterocycles. The maximum Gasteiger partial charge on any atom is 0.308 e. The van der Waals surface area contributed by atoms with Gasteiger partial charge in [0, 0.05) is 16.5 Å². The SMILES string of the molecule is O=C(Cn1c2c(sc1=O)[C@@H](c1ccccc1)[C@@H]1C(=O)N(c3ccc(F)cc3)C(=O)[C@@H]1S2)Nc1ccc(F)cc1. The van der Waals surface area contributed by atoms with E-state index < -0.39 is 51.3 Å². The zero-order valence-corrected chi connectivity index (χ0v) is 21.7. The van der Waals surface area contributed by atoms with E-state index >= 15 is 0 Å². The zero-order chi connectivity index (χ0) is 27.3. The number of rotatable bonds is 5. The lowest BCUT2D eigenvalue weighted by molar-refractivity contribution is -0.122. The summed E-state index contributed by atoms with van der Waals surface area (Å²) < 4.78 is 28.1. The maximum atomic E-state index is 13.8. The summed E-state index contributed by atoms with van der Waals surface area (Å²) in [5.41, 5.74) is 1.41. The quantitative estimate of drug-likeness (QED) is 0.358. The second-order valence-electron chi connectivity index (χ2n) is 9.12. The first-order valence-electron chi connectivity index (χ1n) is 12.0. The topological polar surface area (TPSA) is 88.5 Å². The number of aromatic nitrogens is 1. The number of thiazole rings is 1. The van der Waals surface area contributed by atoms with Crippen LogP contribution in [-0.2, 0) is 20.9 Å². The largest absolute Gasteiger partial charge is 0.325 e. The van der Waals surface area contributed by atoms with Crippen molar-refractivity contribution in [2.24, 2.45) is 5.92 Å². The second kappa shape index (κ2) is 9.90. The van der Waals surface area contributed by atoms with Crippen LogP contribution in [0.5, 0.6) is 0 Å². The first-order chi connectivity index (χ1) is 18.8. The van der Waals surface area contributed by atoms with Crippen molar-refractivity contribution in [1.82, 2.24) is 4.57 Å². The first-order valence-corrected chi connectivity index (χ1v) is 13.7. The van der Waals surface area contributed by atoms with Gasteiger partial charge in [0.15, 0.2) is 0 Å². The fraction of sp³-hybridized carbons (Fsp3) is 0.143. The third kappa shape index (κ3) is 4.47. The Bertz CT molecular complexity index is 1650. The third-order valence-corrected chi connectivity index (χ3v) is 9.33. The summed E-state index contributed by atoms with van der Waals surface area (Å²) in [6.07, 6.45) is 0. The molecule has 1 N–H and O–H groups in total. The van der Waals surface area contributed by atoms with E-state index in [2.05, 4.69) is 5.32 Å². The second-order valence-corrected chi connectivity index (χ2v) is 11.2. The molecule has 4 aromatic rings. The van der Waals surface area contributed by atoms with E-state index in [4.69, 9.17) is 0 Å². The van der Waals surface area contributed by atoms with Crippen LogP contribution in [0.15, 0.2) is 88.7 Å². The van der Waals surface area contributed by atoms with Crippen LogP contribution >= 0.6 is 23.1 Å². The molecular weight excluding hydrogens is 544 g/mol. The molecule has 6 rings (SSSR count). The molecule has 39 heavy (non-hydrogen) atoms. The summed E-state index contributed by atoms with van der Waals surface area (Å²) in [6, 6.07) is 19.6. The lowest BCUT2D eigenvalue weighted by Crippen LogP contribution is -2.33. The van der Waals surface area contributed by atoms with Crippen LogP contribution in [0.1, 0.15) is 16.4 Å². The van der Waals surface area contributed by atoms with Crippen molar-refractivity contribution in [3.63, 3.8) is 0 Å². The van der Waals surface area contributed by atoms with Gasteiger partial charge in [-0.1, -0.05) is 53.4 Å². The number of amides is 3. The van der Waals surface area contributed by atoms with Crippen molar-refractivity contribution in [2.45, 2.75) is 22.7 Å². The van der Waals surface area contributed by atoms with Crippen LogP contribution in [-0.4, -0.2) is 27.5 Å². The molecule has 11 heteroatoms. The molecule has 3 amide bonds. The molecule has 0 saturated carbocycles. The lowest BCUT2D eigenvalue weighted by atomic mass is 9.83. The highest BCUT2D eigenvalue weighted by molar-refractivity contribution is 8.00. The maximum absolute atomic E-state index is 13.8. The van der Waals surface area contributed by atoms with E-state index in [1.54, 1.807) is 0 Å². The van der Waals surface area contributed by atoms with Crippen LogP contribution in [0.3, 0.4) is 0 Å². The fourth-order valence-electron chi connectivity index (χ4n) is 5.00. The molecule has 3 aromatic carbocycles.